The number of fused-ring (bicyclic) bond motifs is 1. The van der Waals surface area contributed by atoms with Crippen LogP contribution in [0.25, 0.3) is 22.3 Å². The first-order valence-corrected chi connectivity index (χ1v) is 7.62. The number of hydrogen-bond donors (Lipinski definition) is 0. The molecule has 3 rings (SSSR count). The molecule has 0 amide bonds. The largest absolute Gasteiger partial charge is 0.490 e. The van der Waals surface area contributed by atoms with Crippen LogP contribution in [0.1, 0.15) is 6.92 Å². The summed E-state index contributed by atoms with van der Waals surface area (Å²) in [5.41, 5.74) is 1.27. The Morgan fingerprint density at radius 2 is 1.83 bits per heavy atom. The second-order valence-corrected chi connectivity index (χ2v) is 5.02. The zero-order valence-electron chi connectivity index (χ0n) is 13.0. The number of rotatable bonds is 6. The van der Waals surface area contributed by atoms with Crippen LogP contribution in [0.2, 0.25) is 0 Å². The lowest BCUT2D eigenvalue weighted by Gasteiger charge is -2.09. The third kappa shape index (κ3) is 3.43. The van der Waals surface area contributed by atoms with Gasteiger partial charge in [-0.05, 0) is 19.1 Å². The topological polar surface area (TPSA) is 48.7 Å². The molecule has 0 unspecified atom stereocenters. The fourth-order valence-electron chi connectivity index (χ4n) is 2.40. The Morgan fingerprint density at radius 1 is 1.00 bits per heavy atom. The highest BCUT2D eigenvalue weighted by atomic mass is 16.5. The lowest BCUT2D eigenvalue weighted by Crippen LogP contribution is -2.09. The zero-order chi connectivity index (χ0) is 16.1. The van der Waals surface area contributed by atoms with E-state index in [-0.39, 0.29) is 5.43 Å². The van der Waals surface area contributed by atoms with Gasteiger partial charge in [-0.15, -0.1) is 0 Å². The molecular formula is C19H18O4. The van der Waals surface area contributed by atoms with Crippen LogP contribution in [0.5, 0.6) is 5.75 Å². The Balaban J connectivity index is 1.98. The minimum absolute atomic E-state index is 0.114. The van der Waals surface area contributed by atoms with Gasteiger partial charge in [-0.1, -0.05) is 36.4 Å². The van der Waals surface area contributed by atoms with Gasteiger partial charge in [-0.25, -0.2) is 0 Å². The summed E-state index contributed by atoms with van der Waals surface area (Å²) in [7, 11) is 0. The van der Waals surface area contributed by atoms with Gasteiger partial charge in [0, 0.05) is 18.2 Å². The summed E-state index contributed by atoms with van der Waals surface area (Å²) >= 11 is 0. The van der Waals surface area contributed by atoms with Gasteiger partial charge in [0.15, 0.2) is 5.43 Å². The zero-order valence-corrected chi connectivity index (χ0v) is 13.0. The molecule has 118 valence electrons. The Kier molecular flexibility index (Phi) is 4.74. The summed E-state index contributed by atoms with van der Waals surface area (Å²) in [4.78, 5) is 12.5. The average Bonchev–Trinajstić information content (AvgIpc) is 2.59. The van der Waals surface area contributed by atoms with Crippen LogP contribution < -0.4 is 10.2 Å². The molecule has 0 bridgehead atoms. The van der Waals surface area contributed by atoms with Gasteiger partial charge in [0.2, 0.25) is 0 Å². The van der Waals surface area contributed by atoms with Gasteiger partial charge in [-0.3, -0.25) is 4.79 Å². The Labute approximate surface area is 134 Å². The normalized spacial score (nSPS) is 10.8. The molecule has 0 saturated carbocycles. The summed E-state index contributed by atoms with van der Waals surface area (Å²) in [5.74, 6) is 1.07. The van der Waals surface area contributed by atoms with Crippen molar-refractivity contribution in [2.24, 2.45) is 0 Å². The second kappa shape index (κ2) is 7.11. The lowest BCUT2D eigenvalue weighted by atomic mass is 10.1. The highest BCUT2D eigenvalue weighted by molar-refractivity contribution is 5.84. The fraction of sp³-hybridized carbons (Fsp3) is 0.211. The Bertz CT molecular complexity index is 837. The first-order valence-electron chi connectivity index (χ1n) is 7.62. The van der Waals surface area contributed by atoms with Crippen molar-refractivity contribution in [2.45, 2.75) is 6.92 Å². The monoisotopic (exact) mass is 310 g/mol. The van der Waals surface area contributed by atoms with Crippen molar-refractivity contribution in [1.82, 2.24) is 0 Å². The highest BCUT2D eigenvalue weighted by Crippen LogP contribution is 2.27. The first kappa shape index (κ1) is 15.3. The van der Waals surface area contributed by atoms with E-state index in [1.807, 2.05) is 43.3 Å². The van der Waals surface area contributed by atoms with Crippen molar-refractivity contribution in [3.8, 4) is 17.1 Å². The Hall–Kier alpha value is -2.59. The van der Waals surface area contributed by atoms with Crippen LogP contribution in [0.15, 0.2) is 63.8 Å². The van der Waals surface area contributed by atoms with E-state index in [1.165, 1.54) is 6.07 Å². The van der Waals surface area contributed by atoms with Crippen molar-refractivity contribution in [2.75, 3.05) is 19.8 Å². The van der Waals surface area contributed by atoms with Crippen molar-refractivity contribution < 1.29 is 13.9 Å². The maximum absolute atomic E-state index is 12.5. The van der Waals surface area contributed by atoms with Crippen molar-refractivity contribution in [1.29, 1.82) is 0 Å². The molecule has 0 saturated heterocycles. The van der Waals surface area contributed by atoms with Gasteiger partial charge in [0.05, 0.1) is 6.61 Å². The summed E-state index contributed by atoms with van der Waals surface area (Å²) in [6.45, 7) is 3.45. The van der Waals surface area contributed by atoms with Crippen LogP contribution >= 0.6 is 0 Å². The maximum atomic E-state index is 12.5. The Morgan fingerprint density at radius 3 is 2.61 bits per heavy atom. The molecule has 1 heterocycles. The van der Waals surface area contributed by atoms with E-state index < -0.39 is 0 Å². The van der Waals surface area contributed by atoms with Crippen LogP contribution in [-0.2, 0) is 4.74 Å². The molecule has 2 aromatic carbocycles. The maximum Gasteiger partial charge on any atom is 0.197 e. The summed E-state index contributed by atoms with van der Waals surface area (Å²) in [5, 5.41) is 0.462. The van der Waals surface area contributed by atoms with Crippen molar-refractivity contribution in [3.63, 3.8) is 0 Å². The van der Waals surface area contributed by atoms with Crippen LogP contribution in [0.3, 0.4) is 0 Å². The highest BCUT2D eigenvalue weighted by Gasteiger charge is 2.11. The van der Waals surface area contributed by atoms with Gasteiger partial charge in [0.1, 0.15) is 29.1 Å². The molecule has 0 radical (unpaired) electrons. The SMILES string of the molecule is CCOCCOc1cccc2oc(-c3ccccc3)cc(=O)c12. The molecule has 4 nitrogen and oxygen atoms in total. The number of ether oxygens (including phenoxy) is 2. The van der Waals surface area contributed by atoms with E-state index >= 15 is 0 Å². The quantitative estimate of drug-likeness (QED) is 0.648. The second-order valence-electron chi connectivity index (χ2n) is 5.02. The molecule has 0 aliphatic heterocycles. The average molecular weight is 310 g/mol. The van der Waals surface area contributed by atoms with E-state index in [1.54, 1.807) is 12.1 Å². The molecule has 3 aromatic rings. The van der Waals surface area contributed by atoms with Gasteiger partial charge in [-0.2, -0.15) is 0 Å². The van der Waals surface area contributed by atoms with E-state index in [9.17, 15) is 4.79 Å². The molecule has 4 heteroatoms. The molecule has 0 atom stereocenters. The summed E-state index contributed by atoms with van der Waals surface area (Å²) in [6.07, 6.45) is 0. The third-order valence-corrected chi connectivity index (χ3v) is 3.46. The molecule has 0 aliphatic carbocycles. The van der Waals surface area contributed by atoms with Crippen LogP contribution in [-0.4, -0.2) is 19.8 Å². The first-order chi connectivity index (χ1) is 11.3. The fourth-order valence-corrected chi connectivity index (χ4v) is 2.40. The molecule has 0 fully saturated rings. The van der Waals surface area contributed by atoms with E-state index in [4.69, 9.17) is 13.9 Å². The number of hydrogen-bond acceptors (Lipinski definition) is 4. The van der Waals surface area contributed by atoms with E-state index in [0.29, 0.717) is 42.3 Å². The van der Waals surface area contributed by atoms with E-state index in [2.05, 4.69) is 0 Å². The van der Waals surface area contributed by atoms with Crippen molar-refractivity contribution in [3.05, 3.63) is 64.8 Å². The smallest absolute Gasteiger partial charge is 0.197 e. The molecular weight excluding hydrogens is 292 g/mol. The predicted molar refractivity (Wildman–Crippen MR) is 89.9 cm³/mol. The van der Waals surface area contributed by atoms with Gasteiger partial charge >= 0.3 is 0 Å². The molecule has 0 spiro atoms. The molecule has 23 heavy (non-hydrogen) atoms. The molecule has 1 aromatic heterocycles. The summed E-state index contributed by atoms with van der Waals surface area (Å²) in [6, 6.07) is 16.4. The minimum Gasteiger partial charge on any atom is -0.490 e. The van der Waals surface area contributed by atoms with E-state index in [0.717, 1.165) is 5.56 Å². The van der Waals surface area contributed by atoms with Gasteiger partial charge in [0.25, 0.3) is 0 Å². The van der Waals surface area contributed by atoms with Crippen LogP contribution in [0.4, 0.5) is 0 Å². The van der Waals surface area contributed by atoms with Crippen LogP contribution in [0, 0.1) is 0 Å². The predicted octanol–water partition coefficient (Wildman–Crippen LogP) is 3.88. The molecule has 0 aliphatic rings. The van der Waals surface area contributed by atoms with Crippen molar-refractivity contribution >= 4 is 11.0 Å². The molecule has 0 N–H and O–H groups in total. The third-order valence-electron chi connectivity index (χ3n) is 3.46. The minimum atomic E-state index is -0.114. The number of benzene rings is 2. The standard InChI is InChI=1S/C19H18O4/c1-2-21-11-12-22-16-9-6-10-17-19(16)15(20)13-18(23-17)14-7-4-3-5-8-14/h3-10,13H,2,11-12H2,1H3. The van der Waals surface area contributed by atoms with Gasteiger partial charge < -0.3 is 13.9 Å². The lowest BCUT2D eigenvalue weighted by molar-refractivity contribution is 0.110. The summed E-state index contributed by atoms with van der Waals surface area (Å²) < 4.78 is 16.8.